The van der Waals surface area contributed by atoms with E-state index < -0.39 is 5.97 Å². The Balaban J connectivity index is 1.64. The zero-order chi connectivity index (χ0) is 14.9. The van der Waals surface area contributed by atoms with Crippen molar-refractivity contribution in [2.24, 2.45) is 11.8 Å². The van der Waals surface area contributed by atoms with Gasteiger partial charge >= 0.3 is 5.97 Å². The number of allylic oxidation sites excluding steroid dienone is 3. The smallest absolute Gasteiger partial charge is 0.327 e. The minimum Gasteiger partial charge on any atom is -0.478 e. The number of hydrogen-bond acceptors (Lipinski definition) is 3. The van der Waals surface area contributed by atoms with Crippen molar-refractivity contribution in [1.82, 2.24) is 0 Å². The van der Waals surface area contributed by atoms with Gasteiger partial charge in [0.1, 0.15) is 0 Å². The zero-order valence-corrected chi connectivity index (χ0v) is 13.4. The van der Waals surface area contributed by atoms with Crippen LogP contribution in [0.4, 0.5) is 0 Å². The maximum Gasteiger partial charge on any atom is 0.327 e. The van der Waals surface area contributed by atoms with Crippen LogP contribution >= 0.6 is 11.8 Å². The van der Waals surface area contributed by atoms with Gasteiger partial charge in [0, 0.05) is 6.08 Å². The van der Waals surface area contributed by atoms with Crippen LogP contribution in [0.2, 0.25) is 0 Å². The second-order valence-corrected chi connectivity index (χ2v) is 7.06. The van der Waals surface area contributed by atoms with Crippen molar-refractivity contribution in [1.29, 1.82) is 0 Å². The molecule has 2 fully saturated rings. The predicted octanol–water partition coefficient (Wildman–Crippen LogP) is 3.90. The first-order valence-electron chi connectivity index (χ1n) is 7.99. The van der Waals surface area contributed by atoms with Gasteiger partial charge in [-0.25, -0.2) is 4.79 Å². The van der Waals surface area contributed by atoms with Gasteiger partial charge in [-0.05, 0) is 49.0 Å². The average molecular weight is 310 g/mol. The summed E-state index contributed by atoms with van der Waals surface area (Å²) in [5.74, 6) is 2.99. The lowest BCUT2D eigenvalue weighted by atomic mass is 9.93. The molecule has 2 aliphatic rings. The SMILES string of the molecule is O=C(O)C=CCC=CC[C@@H]1CSC[C@@H]1COC1CCCC1. The van der Waals surface area contributed by atoms with E-state index in [1.54, 1.807) is 6.08 Å². The molecule has 21 heavy (non-hydrogen) atoms. The number of aliphatic carboxylic acids is 1. The van der Waals surface area contributed by atoms with Gasteiger partial charge in [-0.2, -0.15) is 11.8 Å². The van der Waals surface area contributed by atoms with E-state index in [0.717, 1.165) is 18.9 Å². The fourth-order valence-electron chi connectivity index (χ4n) is 3.02. The van der Waals surface area contributed by atoms with Crippen LogP contribution in [0.25, 0.3) is 0 Å². The summed E-state index contributed by atoms with van der Waals surface area (Å²) in [6.45, 7) is 0.926. The molecule has 0 amide bonds. The van der Waals surface area contributed by atoms with Crippen LogP contribution in [-0.4, -0.2) is 35.3 Å². The molecule has 1 aliphatic carbocycles. The van der Waals surface area contributed by atoms with Crippen molar-refractivity contribution in [3.8, 4) is 0 Å². The Bertz CT molecular complexity index is 372. The molecular weight excluding hydrogens is 284 g/mol. The van der Waals surface area contributed by atoms with E-state index in [2.05, 4.69) is 12.2 Å². The summed E-state index contributed by atoms with van der Waals surface area (Å²) in [4.78, 5) is 10.3. The molecule has 0 bridgehead atoms. The summed E-state index contributed by atoms with van der Waals surface area (Å²) in [6.07, 6.45) is 14.6. The first-order valence-corrected chi connectivity index (χ1v) is 9.15. The summed E-state index contributed by atoms with van der Waals surface area (Å²) in [5, 5.41) is 8.50. The topological polar surface area (TPSA) is 46.5 Å². The van der Waals surface area contributed by atoms with E-state index in [4.69, 9.17) is 9.84 Å². The van der Waals surface area contributed by atoms with Gasteiger partial charge in [0.2, 0.25) is 0 Å². The molecule has 3 nitrogen and oxygen atoms in total. The van der Waals surface area contributed by atoms with Crippen molar-refractivity contribution in [2.45, 2.75) is 44.6 Å². The Morgan fingerprint density at radius 3 is 2.67 bits per heavy atom. The zero-order valence-electron chi connectivity index (χ0n) is 12.6. The van der Waals surface area contributed by atoms with Gasteiger partial charge in [0.05, 0.1) is 12.7 Å². The monoisotopic (exact) mass is 310 g/mol. The third-order valence-corrected chi connectivity index (χ3v) is 5.64. The van der Waals surface area contributed by atoms with Crippen LogP contribution in [0.3, 0.4) is 0 Å². The van der Waals surface area contributed by atoms with Crippen LogP contribution in [0.1, 0.15) is 38.5 Å². The lowest BCUT2D eigenvalue weighted by Crippen LogP contribution is -2.21. The fraction of sp³-hybridized carbons (Fsp3) is 0.706. The number of thioether (sulfide) groups is 1. The first kappa shape index (κ1) is 16.6. The highest BCUT2D eigenvalue weighted by atomic mass is 32.2. The molecule has 4 heteroatoms. The summed E-state index contributed by atoms with van der Waals surface area (Å²) in [6, 6.07) is 0. The third-order valence-electron chi connectivity index (χ3n) is 4.32. The van der Waals surface area contributed by atoms with E-state index >= 15 is 0 Å². The van der Waals surface area contributed by atoms with Crippen molar-refractivity contribution in [3.63, 3.8) is 0 Å². The number of rotatable bonds is 8. The van der Waals surface area contributed by atoms with Crippen LogP contribution < -0.4 is 0 Å². The molecule has 118 valence electrons. The predicted molar refractivity (Wildman–Crippen MR) is 87.7 cm³/mol. The van der Waals surface area contributed by atoms with Gasteiger partial charge in [0.25, 0.3) is 0 Å². The Hall–Kier alpha value is -0.740. The summed E-state index contributed by atoms with van der Waals surface area (Å²) < 4.78 is 6.07. The molecule has 0 aromatic heterocycles. The number of carboxylic acid groups (broad SMARTS) is 1. The molecule has 1 heterocycles. The van der Waals surface area contributed by atoms with Gasteiger partial charge in [0.15, 0.2) is 0 Å². The van der Waals surface area contributed by atoms with Crippen LogP contribution in [0.5, 0.6) is 0 Å². The van der Waals surface area contributed by atoms with Crippen molar-refractivity contribution >= 4 is 17.7 Å². The summed E-state index contributed by atoms with van der Waals surface area (Å²) in [5.41, 5.74) is 0. The molecule has 2 atom stereocenters. The minimum atomic E-state index is -0.875. The Kier molecular flexibility index (Phi) is 7.37. The van der Waals surface area contributed by atoms with E-state index in [9.17, 15) is 4.79 Å². The minimum absolute atomic E-state index is 0.521. The maximum atomic E-state index is 10.3. The molecule has 0 spiro atoms. The molecule has 1 saturated carbocycles. The highest BCUT2D eigenvalue weighted by Crippen LogP contribution is 2.34. The molecule has 0 radical (unpaired) electrons. The normalized spacial score (nSPS) is 27.2. The highest BCUT2D eigenvalue weighted by Gasteiger charge is 2.28. The third kappa shape index (κ3) is 6.27. The van der Waals surface area contributed by atoms with Gasteiger partial charge in [-0.15, -0.1) is 0 Å². The average Bonchev–Trinajstić information content (AvgIpc) is 3.11. The van der Waals surface area contributed by atoms with E-state index in [1.165, 1.54) is 43.3 Å². The van der Waals surface area contributed by atoms with Gasteiger partial charge in [-0.1, -0.05) is 31.1 Å². The van der Waals surface area contributed by atoms with Crippen molar-refractivity contribution < 1.29 is 14.6 Å². The molecule has 0 unspecified atom stereocenters. The van der Waals surface area contributed by atoms with Gasteiger partial charge in [-0.3, -0.25) is 0 Å². The summed E-state index contributed by atoms with van der Waals surface area (Å²) in [7, 11) is 0. The van der Waals surface area contributed by atoms with Gasteiger partial charge < -0.3 is 9.84 Å². The highest BCUT2D eigenvalue weighted by molar-refractivity contribution is 7.99. The van der Waals surface area contributed by atoms with E-state index in [1.807, 2.05) is 11.8 Å². The molecule has 0 aromatic carbocycles. The maximum absolute atomic E-state index is 10.3. The number of hydrogen-bond donors (Lipinski definition) is 1. The number of carboxylic acids is 1. The largest absolute Gasteiger partial charge is 0.478 e. The molecule has 2 rings (SSSR count). The quantitative estimate of drug-likeness (QED) is 0.545. The fourth-order valence-corrected chi connectivity index (χ4v) is 4.54. The Labute approximate surface area is 131 Å². The number of carbonyl (C=O) groups is 1. The molecule has 0 aromatic rings. The first-order chi connectivity index (χ1) is 10.3. The lowest BCUT2D eigenvalue weighted by molar-refractivity contribution is -0.131. The van der Waals surface area contributed by atoms with Crippen molar-refractivity contribution in [3.05, 3.63) is 24.3 Å². The van der Waals surface area contributed by atoms with Crippen molar-refractivity contribution in [2.75, 3.05) is 18.1 Å². The van der Waals surface area contributed by atoms with Crippen LogP contribution in [0.15, 0.2) is 24.3 Å². The second kappa shape index (κ2) is 9.31. The van der Waals surface area contributed by atoms with Crippen LogP contribution in [0, 0.1) is 11.8 Å². The van der Waals surface area contributed by atoms with Crippen LogP contribution in [-0.2, 0) is 9.53 Å². The molecular formula is C17H26O3S. The standard InChI is InChI=1S/C17H26O3S/c18-17(19)10-4-2-1-3-7-14-12-21-13-15(14)11-20-16-8-5-6-9-16/h1,3-4,10,14-16H,2,5-9,11-13H2,(H,18,19)/t14-,15+/m1/s1. The van der Waals surface area contributed by atoms with E-state index in [-0.39, 0.29) is 0 Å². The lowest BCUT2D eigenvalue weighted by Gasteiger charge is -2.20. The molecule has 1 aliphatic heterocycles. The Morgan fingerprint density at radius 2 is 1.90 bits per heavy atom. The summed E-state index contributed by atoms with van der Waals surface area (Å²) >= 11 is 2.04. The molecule has 1 saturated heterocycles. The van der Waals surface area contributed by atoms with E-state index in [0.29, 0.717) is 18.4 Å². The second-order valence-electron chi connectivity index (χ2n) is 5.98. The Morgan fingerprint density at radius 1 is 1.14 bits per heavy atom. The molecule has 1 N–H and O–H groups in total. The number of ether oxygens (including phenoxy) is 1.